The topological polar surface area (TPSA) is 76.3 Å². The molecule has 4 rings (SSSR count). The van der Waals surface area contributed by atoms with E-state index in [9.17, 15) is 9.59 Å². The van der Waals surface area contributed by atoms with Gasteiger partial charge in [-0.1, -0.05) is 48.0 Å². The second-order valence-corrected chi connectivity index (χ2v) is 6.11. The van der Waals surface area contributed by atoms with Gasteiger partial charge in [-0.2, -0.15) is 4.99 Å². The van der Waals surface area contributed by atoms with Gasteiger partial charge in [-0.3, -0.25) is 14.2 Å². The molecule has 1 aromatic heterocycles. The number of carbonyl (C=O) groups excluding carboxylic acids is 1. The SMILES string of the molecule is Cc1cccc(C(=O)NC2=Nc3nc(-c4ccccc4)cc(=O)n3C2)c1. The lowest BCUT2D eigenvalue weighted by molar-refractivity contribution is 0.0976. The van der Waals surface area contributed by atoms with Gasteiger partial charge in [-0.25, -0.2) is 4.98 Å². The van der Waals surface area contributed by atoms with Crippen LogP contribution < -0.4 is 10.9 Å². The average Bonchev–Trinajstić information content (AvgIpc) is 3.05. The van der Waals surface area contributed by atoms with E-state index < -0.39 is 0 Å². The average molecular weight is 344 g/mol. The predicted molar refractivity (Wildman–Crippen MR) is 99.7 cm³/mol. The molecule has 1 amide bonds. The van der Waals surface area contributed by atoms with Crippen LogP contribution in [0.15, 0.2) is 70.5 Å². The molecule has 0 atom stereocenters. The van der Waals surface area contributed by atoms with E-state index in [0.717, 1.165) is 11.1 Å². The third-order valence-electron chi connectivity index (χ3n) is 4.14. The zero-order valence-electron chi connectivity index (χ0n) is 14.1. The van der Waals surface area contributed by atoms with Crippen molar-refractivity contribution < 1.29 is 4.79 Å². The van der Waals surface area contributed by atoms with Gasteiger partial charge in [0, 0.05) is 17.2 Å². The van der Waals surface area contributed by atoms with Crippen molar-refractivity contribution in [1.82, 2.24) is 14.9 Å². The zero-order valence-corrected chi connectivity index (χ0v) is 14.1. The molecule has 0 bridgehead atoms. The number of aryl methyl sites for hydroxylation is 1. The smallest absolute Gasteiger partial charge is 0.256 e. The van der Waals surface area contributed by atoms with Crippen molar-refractivity contribution in [3.05, 3.63) is 82.1 Å². The number of amidine groups is 1. The van der Waals surface area contributed by atoms with Gasteiger partial charge in [0.05, 0.1) is 12.2 Å². The van der Waals surface area contributed by atoms with Crippen LogP contribution in [0.3, 0.4) is 0 Å². The molecule has 0 unspecified atom stereocenters. The zero-order chi connectivity index (χ0) is 18.1. The molecule has 0 fully saturated rings. The van der Waals surface area contributed by atoms with Crippen molar-refractivity contribution in [3.63, 3.8) is 0 Å². The fourth-order valence-electron chi connectivity index (χ4n) is 2.85. The minimum atomic E-state index is -0.253. The van der Waals surface area contributed by atoms with Crippen molar-refractivity contribution in [1.29, 1.82) is 0 Å². The molecule has 0 radical (unpaired) electrons. The molecular formula is C20H16N4O2. The Hall–Kier alpha value is -3.54. The number of rotatable bonds is 2. The monoisotopic (exact) mass is 344 g/mol. The lowest BCUT2D eigenvalue weighted by Crippen LogP contribution is -2.33. The number of carbonyl (C=O) groups is 1. The predicted octanol–water partition coefficient (Wildman–Crippen LogP) is 2.69. The Morgan fingerprint density at radius 2 is 1.88 bits per heavy atom. The molecule has 6 nitrogen and oxygen atoms in total. The number of hydrogen-bond acceptors (Lipinski definition) is 4. The summed E-state index contributed by atoms with van der Waals surface area (Å²) in [6, 6.07) is 18.2. The summed E-state index contributed by atoms with van der Waals surface area (Å²) in [5.41, 5.74) is 2.77. The number of benzene rings is 2. The van der Waals surface area contributed by atoms with Crippen LogP contribution in [0.2, 0.25) is 0 Å². The lowest BCUT2D eigenvalue weighted by atomic mass is 10.1. The molecule has 6 heteroatoms. The summed E-state index contributed by atoms with van der Waals surface area (Å²) in [5.74, 6) is 0.457. The van der Waals surface area contributed by atoms with Gasteiger partial charge >= 0.3 is 0 Å². The summed E-state index contributed by atoms with van der Waals surface area (Å²) in [6.07, 6.45) is 0. The third-order valence-corrected chi connectivity index (χ3v) is 4.14. The molecule has 1 N–H and O–H groups in total. The second kappa shape index (κ2) is 6.40. The van der Waals surface area contributed by atoms with E-state index >= 15 is 0 Å². The van der Waals surface area contributed by atoms with Gasteiger partial charge in [0.2, 0.25) is 5.95 Å². The normalized spacial score (nSPS) is 12.4. The fraction of sp³-hybridized carbons (Fsp3) is 0.100. The number of aliphatic imine (C=N–C) groups is 1. The molecule has 0 saturated carbocycles. The Kier molecular flexibility index (Phi) is 3.93. The van der Waals surface area contributed by atoms with Gasteiger partial charge < -0.3 is 5.32 Å². The van der Waals surface area contributed by atoms with Gasteiger partial charge in [0.25, 0.3) is 11.5 Å². The Bertz CT molecular complexity index is 1080. The van der Waals surface area contributed by atoms with E-state index in [4.69, 9.17) is 0 Å². The van der Waals surface area contributed by atoms with Crippen LogP contribution in [0.4, 0.5) is 5.95 Å². The van der Waals surface area contributed by atoms with E-state index in [2.05, 4.69) is 15.3 Å². The van der Waals surface area contributed by atoms with Crippen LogP contribution in [0.5, 0.6) is 0 Å². The summed E-state index contributed by atoms with van der Waals surface area (Å²) in [4.78, 5) is 33.5. The number of nitrogens with one attached hydrogen (secondary N) is 1. The quantitative estimate of drug-likeness (QED) is 0.776. The van der Waals surface area contributed by atoms with Crippen LogP contribution in [-0.4, -0.2) is 21.3 Å². The number of amides is 1. The van der Waals surface area contributed by atoms with Crippen molar-refractivity contribution in [2.45, 2.75) is 13.5 Å². The third kappa shape index (κ3) is 3.04. The Morgan fingerprint density at radius 3 is 2.65 bits per heavy atom. The molecule has 26 heavy (non-hydrogen) atoms. The molecule has 2 aromatic carbocycles. The molecule has 0 spiro atoms. The Labute approximate surface area is 149 Å². The van der Waals surface area contributed by atoms with E-state index in [-0.39, 0.29) is 18.0 Å². The fourth-order valence-corrected chi connectivity index (χ4v) is 2.85. The first-order valence-electron chi connectivity index (χ1n) is 8.23. The molecule has 1 aliphatic rings. The van der Waals surface area contributed by atoms with Crippen LogP contribution in [0.25, 0.3) is 11.3 Å². The van der Waals surface area contributed by atoms with Gasteiger partial charge in [0.15, 0.2) is 0 Å². The van der Waals surface area contributed by atoms with E-state index in [1.807, 2.05) is 49.4 Å². The maximum Gasteiger partial charge on any atom is 0.256 e. The summed E-state index contributed by atoms with van der Waals surface area (Å²) in [6.45, 7) is 2.13. The molecule has 1 aliphatic heterocycles. The standard InChI is InChI=1S/C20H16N4O2/c1-13-6-5-9-15(10-13)19(26)22-17-12-24-18(25)11-16(21-20(24)23-17)14-7-3-2-4-8-14/h2-11H,12H2,1H3,(H,21,22,23,26). The largest absolute Gasteiger partial charge is 0.308 e. The van der Waals surface area contributed by atoms with Gasteiger partial charge in [0.1, 0.15) is 5.84 Å². The molecule has 2 heterocycles. The first-order chi connectivity index (χ1) is 12.6. The highest BCUT2D eigenvalue weighted by molar-refractivity contribution is 6.07. The van der Waals surface area contributed by atoms with E-state index in [1.54, 1.807) is 12.1 Å². The van der Waals surface area contributed by atoms with Crippen LogP contribution >= 0.6 is 0 Å². The van der Waals surface area contributed by atoms with Crippen LogP contribution in [0, 0.1) is 6.92 Å². The minimum Gasteiger partial charge on any atom is -0.308 e. The number of hydrogen-bond donors (Lipinski definition) is 1. The highest BCUT2D eigenvalue weighted by Crippen LogP contribution is 2.20. The number of aromatic nitrogens is 2. The van der Waals surface area contributed by atoms with Crippen molar-refractivity contribution in [2.24, 2.45) is 4.99 Å². The lowest BCUT2D eigenvalue weighted by Gasteiger charge is -2.05. The minimum absolute atomic E-state index is 0.197. The highest BCUT2D eigenvalue weighted by atomic mass is 16.2. The first-order valence-corrected chi connectivity index (χ1v) is 8.23. The van der Waals surface area contributed by atoms with Crippen LogP contribution in [-0.2, 0) is 6.54 Å². The maximum atomic E-state index is 12.4. The van der Waals surface area contributed by atoms with Crippen molar-refractivity contribution >= 4 is 17.7 Å². The Balaban J connectivity index is 1.61. The second-order valence-electron chi connectivity index (χ2n) is 6.11. The van der Waals surface area contributed by atoms with Gasteiger partial charge in [-0.05, 0) is 19.1 Å². The Morgan fingerprint density at radius 1 is 1.08 bits per heavy atom. The molecule has 0 saturated heterocycles. The summed E-state index contributed by atoms with van der Waals surface area (Å²) in [7, 11) is 0. The number of nitrogens with zero attached hydrogens (tertiary/aromatic N) is 3. The molecular weight excluding hydrogens is 328 g/mol. The summed E-state index contributed by atoms with van der Waals surface area (Å²) in [5, 5.41) is 2.77. The van der Waals surface area contributed by atoms with Crippen molar-refractivity contribution in [2.75, 3.05) is 0 Å². The molecule has 0 aliphatic carbocycles. The van der Waals surface area contributed by atoms with Gasteiger partial charge in [-0.15, -0.1) is 0 Å². The van der Waals surface area contributed by atoms with Crippen molar-refractivity contribution in [3.8, 4) is 11.3 Å². The summed E-state index contributed by atoms with van der Waals surface area (Å²) < 4.78 is 1.44. The molecule has 128 valence electrons. The highest BCUT2D eigenvalue weighted by Gasteiger charge is 2.20. The van der Waals surface area contributed by atoms with E-state index in [0.29, 0.717) is 23.0 Å². The summed E-state index contributed by atoms with van der Waals surface area (Å²) >= 11 is 0. The number of fused-ring (bicyclic) bond motifs is 1. The first kappa shape index (κ1) is 16.0. The molecule has 3 aromatic rings. The van der Waals surface area contributed by atoms with E-state index in [1.165, 1.54) is 10.6 Å². The van der Waals surface area contributed by atoms with Crippen LogP contribution in [0.1, 0.15) is 15.9 Å². The maximum absolute atomic E-state index is 12.4.